The van der Waals surface area contributed by atoms with Gasteiger partial charge in [-0.2, -0.15) is 0 Å². The standard InChI is InChI=1S/C24H33ClN2O6S/c1-5-34(29,30)27-22(17(2)3)24(28)26-14-13-18-9-8-12-21(23(18)31-4)33-16-15-32-20-11-7-6-10-19(20)25/h6-12,17,22,27H,5,13-16H2,1-4H3,(H,26,28). The van der Waals surface area contributed by atoms with Gasteiger partial charge in [0.15, 0.2) is 11.5 Å². The Kier molecular flexibility index (Phi) is 10.9. The maximum atomic E-state index is 12.6. The van der Waals surface area contributed by atoms with Crippen molar-refractivity contribution < 1.29 is 27.4 Å². The van der Waals surface area contributed by atoms with Crippen LogP contribution in [-0.4, -0.2) is 53.0 Å². The summed E-state index contributed by atoms with van der Waals surface area (Å²) in [5.41, 5.74) is 0.850. The van der Waals surface area contributed by atoms with Crippen LogP contribution in [0.5, 0.6) is 17.2 Å². The van der Waals surface area contributed by atoms with Gasteiger partial charge >= 0.3 is 0 Å². The Morgan fingerprint density at radius 1 is 1.03 bits per heavy atom. The first-order valence-electron chi connectivity index (χ1n) is 11.1. The molecule has 1 atom stereocenters. The van der Waals surface area contributed by atoms with E-state index in [1.807, 2.05) is 24.3 Å². The fraction of sp³-hybridized carbons (Fsp3) is 0.458. The fourth-order valence-corrected chi connectivity index (χ4v) is 4.29. The van der Waals surface area contributed by atoms with Gasteiger partial charge in [0.25, 0.3) is 0 Å². The first-order valence-corrected chi connectivity index (χ1v) is 13.1. The summed E-state index contributed by atoms with van der Waals surface area (Å²) in [5, 5.41) is 3.34. The lowest BCUT2D eigenvalue weighted by Gasteiger charge is -2.21. The number of rotatable bonds is 14. The Morgan fingerprint density at radius 2 is 1.68 bits per heavy atom. The van der Waals surface area contributed by atoms with Crippen molar-refractivity contribution in [2.24, 2.45) is 5.92 Å². The van der Waals surface area contributed by atoms with Crippen LogP contribution in [0.3, 0.4) is 0 Å². The molecule has 188 valence electrons. The molecule has 0 heterocycles. The minimum atomic E-state index is -3.50. The number of amides is 1. The lowest BCUT2D eigenvalue weighted by Crippen LogP contribution is -2.50. The first-order chi connectivity index (χ1) is 16.2. The lowest BCUT2D eigenvalue weighted by atomic mass is 10.0. The highest BCUT2D eigenvalue weighted by Crippen LogP contribution is 2.31. The summed E-state index contributed by atoms with van der Waals surface area (Å²) in [6.45, 7) is 6.02. The third-order valence-electron chi connectivity index (χ3n) is 5.03. The van der Waals surface area contributed by atoms with Crippen molar-refractivity contribution in [3.63, 3.8) is 0 Å². The minimum absolute atomic E-state index is 0.0864. The molecule has 0 aliphatic carbocycles. The van der Waals surface area contributed by atoms with E-state index in [2.05, 4.69) is 10.0 Å². The van der Waals surface area contributed by atoms with E-state index in [1.165, 1.54) is 6.92 Å². The Morgan fingerprint density at radius 3 is 2.29 bits per heavy atom. The van der Waals surface area contributed by atoms with Crippen molar-refractivity contribution in [1.29, 1.82) is 0 Å². The van der Waals surface area contributed by atoms with Gasteiger partial charge in [0.2, 0.25) is 15.9 Å². The van der Waals surface area contributed by atoms with Crippen molar-refractivity contribution in [2.75, 3.05) is 32.6 Å². The van der Waals surface area contributed by atoms with E-state index in [9.17, 15) is 13.2 Å². The average Bonchev–Trinajstić information content (AvgIpc) is 2.81. The molecule has 0 spiro atoms. The molecule has 0 saturated carbocycles. The molecule has 0 bridgehead atoms. The predicted molar refractivity (Wildman–Crippen MR) is 133 cm³/mol. The highest BCUT2D eigenvalue weighted by Gasteiger charge is 2.26. The Balaban J connectivity index is 1.92. The van der Waals surface area contributed by atoms with E-state index in [-0.39, 0.29) is 24.2 Å². The summed E-state index contributed by atoms with van der Waals surface area (Å²) >= 11 is 6.09. The van der Waals surface area contributed by atoms with Crippen LogP contribution in [0.4, 0.5) is 0 Å². The molecule has 0 aliphatic heterocycles. The lowest BCUT2D eigenvalue weighted by molar-refractivity contribution is -0.123. The van der Waals surface area contributed by atoms with Crippen molar-refractivity contribution >= 4 is 27.5 Å². The molecule has 34 heavy (non-hydrogen) atoms. The van der Waals surface area contributed by atoms with Crippen LogP contribution in [0.2, 0.25) is 5.02 Å². The quantitative estimate of drug-likeness (QED) is 0.376. The van der Waals surface area contributed by atoms with E-state index < -0.39 is 16.1 Å². The first kappa shape index (κ1) is 27.8. The van der Waals surface area contributed by atoms with E-state index in [0.29, 0.717) is 41.8 Å². The zero-order valence-electron chi connectivity index (χ0n) is 20.0. The van der Waals surface area contributed by atoms with E-state index in [1.54, 1.807) is 39.2 Å². The molecule has 0 aromatic heterocycles. The zero-order valence-corrected chi connectivity index (χ0v) is 21.5. The number of hydrogen-bond acceptors (Lipinski definition) is 6. The van der Waals surface area contributed by atoms with Crippen LogP contribution in [0.25, 0.3) is 0 Å². The van der Waals surface area contributed by atoms with Crippen LogP contribution < -0.4 is 24.2 Å². The number of ether oxygens (including phenoxy) is 3. The number of hydrogen-bond donors (Lipinski definition) is 2. The number of methoxy groups -OCH3 is 1. The summed E-state index contributed by atoms with van der Waals surface area (Å²) in [5.74, 6) is 1.07. The zero-order chi connectivity index (χ0) is 25.1. The number of halogens is 1. The Bertz CT molecular complexity index is 1050. The summed E-state index contributed by atoms with van der Waals surface area (Å²) in [6.07, 6.45) is 0.480. The number of carbonyl (C=O) groups is 1. The third-order valence-corrected chi connectivity index (χ3v) is 6.71. The number of benzene rings is 2. The largest absolute Gasteiger partial charge is 0.493 e. The summed E-state index contributed by atoms with van der Waals surface area (Å²) in [6, 6.07) is 11.9. The van der Waals surface area contributed by atoms with E-state index in [4.69, 9.17) is 25.8 Å². The van der Waals surface area contributed by atoms with Gasteiger partial charge in [0.05, 0.1) is 17.9 Å². The number of sulfonamides is 1. The van der Waals surface area contributed by atoms with Crippen LogP contribution in [0, 0.1) is 5.92 Å². The fourth-order valence-electron chi connectivity index (χ4n) is 3.17. The van der Waals surface area contributed by atoms with Gasteiger partial charge < -0.3 is 19.5 Å². The molecule has 1 unspecified atom stereocenters. The average molecular weight is 513 g/mol. The van der Waals surface area contributed by atoms with Crippen LogP contribution in [-0.2, 0) is 21.2 Å². The number of para-hydroxylation sites is 2. The molecule has 8 nitrogen and oxygen atoms in total. The molecule has 2 aromatic rings. The molecular weight excluding hydrogens is 480 g/mol. The highest BCUT2D eigenvalue weighted by molar-refractivity contribution is 7.89. The third kappa shape index (κ3) is 8.38. The molecule has 1 amide bonds. The molecule has 2 aromatic carbocycles. The molecule has 2 N–H and O–H groups in total. The van der Waals surface area contributed by atoms with Crippen LogP contribution >= 0.6 is 11.6 Å². The van der Waals surface area contributed by atoms with Crippen LogP contribution in [0.15, 0.2) is 42.5 Å². The molecule has 0 radical (unpaired) electrons. The SMILES string of the molecule is CCS(=O)(=O)NC(C(=O)NCCc1cccc(OCCOc2ccccc2Cl)c1OC)C(C)C. The highest BCUT2D eigenvalue weighted by atomic mass is 35.5. The maximum absolute atomic E-state index is 12.6. The second-order valence-corrected chi connectivity index (χ2v) is 10.3. The summed E-state index contributed by atoms with van der Waals surface area (Å²) in [7, 11) is -1.94. The van der Waals surface area contributed by atoms with Gasteiger partial charge in [0.1, 0.15) is 25.0 Å². The van der Waals surface area contributed by atoms with Crippen molar-refractivity contribution in [3.8, 4) is 17.2 Å². The molecule has 0 fully saturated rings. The Hall–Kier alpha value is -2.49. The maximum Gasteiger partial charge on any atom is 0.238 e. The van der Waals surface area contributed by atoms with Gasteiger partial charge in [-0.25, -0.2) is 13.1 Å². The van der Waals surface area contributed by atoms with Crippen molar-refractivity contribution in [3.05, 3.63) is 53.1 Å². The van der Waals surface area contributed by atoms with Gasteiger partial charge in [-0.05, 0) is 43.0 Å². The molecule has 2 rings (SSSR count). The summed E-state index contributed by atoms with van der Waals surface area (Å²) < 4.78 is 43.3. The molecule has 0 saturated heterocycles. The normalized spacial score (nSPS) is 12.3. The van der Waals surface area contributed by atoms with Crippen molar-refractivity contribution in [1.82, 2.24) is 10.0 Å². The number of nitrogens with one attached hydrogen (secondary N) is 2. The minimum Gasteiger partial charge on any atom is -0.493 e. The topological polar surface area (TPSA) is 103 Å². The van der Waals surface area contributed by atoms with Gasteiger partial charge in [-0.1, -0.05) is 49.7 Å². The molecular formula is C24H33ClN2O6S. The molecule has 10 heteroatoms. The van der Waals surface area contributed by atoms with Gasteiger partial charge in [0, 0.05) is 6.54 Å². The van der Waals surface area contributed by atoms with Crippen molar-refractivity contribution in [2.45, 2.75) is 33.2 Å². The molecule has 0 aliphatic rings. The second-order valence-electron chi connectivity index (χ2n) is 7.86. The summed E-state index contributed by atoms with van der Waals surface area (Å²) in [4.78, 5) is 12.6. The van der Waals surface area contributed by atoms with Gasteiger partial charge in [-0.15, -0.1) is 0 Å². The Labute approximate surface area is 207 Å². The second kappa shape index (κ2) is 13.4. The predicted octanol–water partition coefficient (Wildman–Crippen LogP) is 3.43. The smallest absolute Gasteiger partial charge is 0.238 e. The van der Waals surface area contributed by atoms with Gasteiger partial charge in [-0.3, -0.25) is 4.79 Å². The van der Waals surface area contributed by atoms with Crippen LogP contribution in [0.1, 0.15) is 26.3 Å². The van der Waals surface area contributed by atoms with E-state index in [0.717, 1.165) is 5.56 Å². The number of carbonyl (C=O) groups excluding carboxylic acids is 1. The van der Waals surface area contributed by atoms with E-state index >= 15 is 0 Å². The monoisotopic (exact) mass is 512 g/mol.